The Morgan fingerprint density at radius 1 is 1.12 bits per heavy atom. The highest BCUT2D eigenvalue weighted by molar-refractivity contribution is 6.04. The number of anilines is 2. The molecule has 0 aliphatic carbocycles. The predicted octanol–water partition coefficient (Wildman–Crippen LogP) is 4.24. The Kier molecular flexibility index (Phi) is 6.23. The molecule has 1 amide bonds. The molecule has 0 fully saturated rings. The summed E-state index contributed by atoms with van der Waals surface area (Å²) in [5.41, 5.74) is 0.250. The van der Waals surface area contributed by atoms with Gasteiger partial charge in [0.15, 0.2) is 0 Å². The van der Waals surface area contributed by atoms with Crippen molar-refractivity contribution < 1.29 is 13.6 Å². The van der Waals surface area contributed by atoms with E-state index in [1.807, 2.05) is 0 Å². The molecule has 4 nitrogen and oxygen atoms in total. The lowest BCUT2D eigenvalue weighted by atomic mass is 10.2. The second kappa shape index (κ2) is 8.38. The lowest BCUT2D eigenvalue weighted by Crippen LogP contribution is -2.26. The van der Waals surface area contributed by atoms with Gasteiger partial charge in [-0.15, -0.1) is 0 Å². The molecule has 2 rings (SSSR count). The van der Waals surface area contributed by atoms with E-state index in [0.717, 1.165) is 43.9 Å². The van der Waals surface area contributed by atoms with E-state index < -0.39 is 17.5 Å². The summed E-state index contributed by atoms with van der Waals surface area (Å²) in [5.74, 6) is -1.19. The van der Waals surface area contributed by atoms with Gasteiger partial charge < -0.3 is 10.2 Å². The molecule has 0 saturated heterocycles. The molecule has 1 N–H and O–H groups in total. The number of pyridine rings is 1. The minimum absolute atomic E-state index is 0.0657. The van der Waals surface area contributed by atoms with Crippen molar-refractivity contribution in [2.75, 3.05) is 23.3 Å². The van der Waals surface area contributed by atoms with Gasteiger partial charge in [0.2, 0.25) is 0 Å². The van der Waals surface area contributed by atoms with Crippen molar-refractivity contribution in [3.05, 3.63) is 53.7 Å². The van der Waals surface area contributed by atoms with Gasteiger partial charge in [0, 0.05) is 25.4 Å². The number of carbonyl (C=O) groups excluding carboxylic acids is 1. The highest BCUT2D eigenvalue weighted by Crippen LogP contribution is 2.17. The first-order valence-corrected chi connectivity index (χ1v) is 8.02. The maximum Gasteiger partial charge on any atom is 0.257 e. The number of carbonyl (C=O) groups is 1. The topological polar surface area (TPSA) is 45.2 Å². The molecule has 0 atom stereocenters. The van der Waals surface area contributed by atoms with Crippen LogP contribution in [0, 0.1) is 11.6 Å². The standard InChI is InChI=1S/C18H21F2N3O/c1-3-9-23(10-4-2)17-8-5-13(12-21-17)18(24)22-16-7-6-14(19)11-15(16)20/h5-8,11-12H,3-4,9-10H2,1-2H3,(H,22,24). The normalized spacial score (nSPS) is 10.5. The molecule has 0 aliphatic heterocycles. The Hall–Kier alpha value is -2.50. The fraction of sp³-hybridized carbons (Fsp3) is 0.333. The molecule has 2 aromatic rings. The van der Waals surface area contributed by atoms with Crippen molar-refractivity contribution in [2.24, 2.45) is 0 Å². The van der Waals surface area contributed by atoms with E-state index in [4.69, 9.17) is 0 Å². The minimum Gasteiger partial charge on any atom is -0.357 e. The molecule has 0 spiro atoms. The number of halogens is 2. The fourth-order valence-corrected chi connectivity index (χ4v) is 2.37. The molecule has 0 saturated carbocycles. The minimum atomic E-state index is -0.815. The molecule has 0 aliphatic rings. The van der Waals surface area contributed by atoms with Crippen LogP contribution in [0.2, 0.25) is 0 Å². The number of nitrogens with one attached hydrogen (secondary N) is 1. The number of hydrogen-bond acceptors (Lipinski definition) is 3. The number of nitrogens with zero attached hydrogens (tertiary/aromatic N) is 2. The summed E-state index contributed by atoms with van der Waals surface area (Å²) in [7, 11) is 0. The Morgan fingerprint density at radius 3 is 2.38 bits per heavy atom. The molecule has 0 radical (unpaired) electrons. The summed E-state index contributed by atoms with van der Waals surface area (Å²) < 4.78 is 26.5. The Bertz CT molecular complexity index is 683. The van der Waals surface area contributed by atoms with Crippen LogP contribution in [0.15, 0.2) is 36.5 Å². The quantitative estimate of drug-likeness (QED) is 0.824. The van der Waals surface area contributed by atoms with E-state index in [-0.39, 0.29) is 5.69 Å². The number of aromatic nitrogens is 1. The average Bonchev–Trinajstić information content (AvgIpc) is 2.57. The van der Waals surface area contributed by atoms with Crippen molar-refractivity contribution in [1.29, 1.82) is 0 Å². The molecule has 1 aromatic carbocycles. The van der Waals surface area contributed by atoms with Crippen LogP contribution in [0.1, 0.15) is 37.0 Å². The van der Waals surface area contributed by atoms with Gasteiger partial charge in [-0.25, -0.2) is 13.8 Å². The van der Waals surface area contributed by atoms with E-state index in [1.54, 1.807) is 12.1 Å². The molecule has 6 heteroatoms. The van der Waals surface area contributed by atoms with Crippen LogP contribution >= 0.6 is 0 Å². The summed E-state index contributed by atoms with van der Waals surface area (Å²) in [5, 5.41) is 2.42. The van der Waals surface area contributed by atoms with E-state index in [0.29, 0.717) is 5.56 Å². The zero-order valence-corrected chi connectivity index (χ0v) is 13.9. The Balaban J connectivity index is 2.10. The fourth-order valence-electron chi connectivity index (χ4n) is 2.37. The van der Waals surface area contributed by atoms with Gasteiger partial charge in [-0.3, -0.25) is 4.79 Å². The number of hydrogen-bond donors (Lipinski definition) is 1. The smallest absolute Gasteiger partial charge is 0.257 e. The lowest BCUT2D eigenvalue weighted by molar-refractivity contribution is 0.102. The number of rotatable bonds is 7. The predicted molar refractivity (Wildman–Crippen MR) is 91.3 cm³/mol. The number of benzene rings is 1. The van der Waals surface area contributed by atoms with Crippen LogP contribution in [0.3, 0.4) is 0 Å². The molecular weight excluding hydrogens is 312 g/mol. The summed E-state index contributed by atoms with van der Waals surface area (Å²) in [4.78, 5) is 18.6. The molecular formula is C18H21F2N3O. The van der Waals surface area contributed by atoms with Crippen LogP contribution in [-0.4, -0.2) is 24.0 Å². The lowest BCUT2D eigenvalue weighted by Gasteiger charge is -2.22. The van der Waals surface area contributed by atoms with Crippen molar-refractivity contribution >= 4 is 17.4 Å². The van der Waals surface area contributed by atoms with Crippen LogP contribution in [0.4, 0.5) is 20.3 Å². The van der Waals surface area contributed by atoms with E-state index in [9.17, 15) is 13.6 Å². The Morgan fingerprint density at radius 2 is 1.83 bits per heavy atom. The van der Waals surface area contributed by atoms with Crippen molar-refractivity contribution in [1.82, 2.24) is 4.98 Å². The maximum absolute atomic E-state index is 13.6. The van der Waals surface area contributed by atoms with Gasteiger partial charge >= 0.3 is 0 Å². The Labute approximate surface area is 140 Å². The number of amides is 1. The second-order valence-corrected chi connectivity index (χ2v) is 5.47. The third-order valence-corrected chi connectivity index (χ3v) is 3.50. The van der Waals surface area contributed by atoms with Gasteiger partial charge in [0.1, 0.15) is 17.5 Å². The van der Waals surface area contributed by atoms with E-state index >= 15 is 0 Å². The first-order chi connectivity index (χ1) is 11.5. The largest absolute Gasteiger partial charge is 0.357 e. The van der Waals surface area contributed by atoms with Crippen molar-refractivity contribution in [3.63, 3.8) is 0 Å². The molecule has 128 valence electrons. The molecule has 24 heavy (non-hydrogen) atoms. The second-order valence-electron chi connectivity index (χ2n) is 5.47. The first kappa shape index (κ1) is 17.8. The van der Waals surface area contributed by atoms with Gasteiger partial charge in [-0.1, -0.05) is 13.8 Å². The highest BCUT2D eigenvalue weighted by Gasteiger charge is 2.12. The maximum atomic E-state index is 13.6. The SMILES string of the molecule is CCCN(CCC)c1ccc(C(=O)Nc2ccc(F)cc2F)cn1. The van der Waals surface area contributed by atoms with E-state index in [2.05, 4.69) is 29.0 Å². The average molecular weight is 333 g/mol. The van der Waals surface area contributed by atoms with Crippen molar-refractivity contribution in [3.8, 4) is 0 Å². The van der Waals surface area contributed by atoms with Crippen molar-refractivity contribution in [2.45, 2.75) is 26.7 Å². The monoisotopic (exact) mass is 333 g/mol. The van der Waals surface area contributed by atoms with Crippen LogP contribution in [0.25, 0.3) is 0 Å². The summed E-state index contributed by atoms with van der Waals surface area (Å²) >= 11 is 0. The van der Waals surface area contributed by atoms with Crippen LogP contribution < -0.4 is 10.2 Å². The first-order valence-electron chi connectivity index (χ1n) is 8.02. The highest BCUT2D eigenvalue weighted by atomic mass is 19.1. The van der Waals surface area contributed by atoms with Gasteiger partial charge in [0.25, 0.3) is 5.91 Å². The van der Waals surface area contributed by atoms with Crippen LogP contribution in [-0.2, 0) is 0 Å². The third-order valence-electron chi connectivity index (χ3n) is 3.50. The zero-order valence-electron chi connectivity index (χ0n) is 13.9. The summed E-state index contributed by atoms with van der Waals surface area (Å²) in [6.07, 6.45) is 3.48. The van der Waals surface area contributed by atoms with Crippen LogP contribution in [0.5, 0.6) is 0 Å². The van der Waals surface area contributed by atoms with Gasteiger partial charge in [0.05, 0.1) is 11.3 Å². The van der Waals surface area contributed by atoms with Gasteiger partial charge in [-0.05, 0) is 37.1 Å². The molecule has 0 unspecified atom stereocenters. The molecule has 1 aromatic heterocycles. The summed E-state index contributed by atoms with van der Waals surface area (Å²) in [6, 6.07) is 6.44. The third kappa shape index (κ3) is 4.50. The van der Waals surface area contributed by atoms with E-state index in [1.165, 1.54) is 12.3 Å². The molecule has 1 heterocycles. The summed E-state index contributed by atoms with van der Waals surface area (Å²) in [6.45, 7) is 5.99. The zero-order chi connectivity index (χ0) is 17.5. The van der Waals surface area contributed by atoms with Gasteiger partial charge in [-0.2, -0.15) is 0 Å². The molecule has 0 bridgehead atoms.